The molecule has 0 fully saturated rings. The molecule has 6 heteroatoms. The van der Waals surface area contributed by atoms with E-state index in [1.807, 2.05) is 0 Å². The number of benzene rings is 2. The number of aromatic hydroxyl groups is 2. The highest BCUT2D eigenvalue weighted by Gasteiger charge is 2.14. The van der Waals surface area contributed by atoms with Gasteiger partial charge in [0.05, 0.1) is 18.4 Å². The molecule has 0 aromatic heterocycles. The van der Waals surface area contributed by atoms with E-state index in [9.17, 15) is 15.0 Å². The average molecular weight is 288 g/mol. The summed E-state index contributed by atoms with van der Waals surface area (Å²) in [5.74, 6) is -0.449. The molecule has 0 saturated heterocycles. The first-order valence-electron chi connectivity index (χ1n) is 6.25. The van der Waals surface area contributed by atoms with E-state index in [0.717, 1.165) is 11.6 Å². The SMILES string of the molecule is COc1cc(CN)ccc1NC(=O)c1ccc(O)cc1O. The molecule has 0 spiro atoms. The van der Waals surface area contributed by atoms with Crippen LogP contribution in [0.25, 0.3) is 0 Å². The third-order valence-electron chi connectivity index (χ3n) is 2.98. The number of phenols is 2. The van der Waals surface area contributed by atoms with Gasteiger partial charge in [-0.3, -0.25) is 4.79 Å². The van der Waals surface area contributed by atoms with Crippen LogP contribution in [0.15, 0.2) is 36.4 Å². The van der Waals surface area contributed by atoms with E-state index < -0.39 is 5.91 Å². The van der Waals surface area contributed by atoms with E-state index in [-0.39, 0.29) is 17.1 Å². The lowest BCUT2D eigenvalue weighted by Crippen LogP contribution is -2.13. The number of amides is 1. The van der Waals surface area contributed by atoms with Gasteiger partial charge in [-0.15, -0.1) is 0 Å². The first kappa shape index (κ1) is 14.7. The van der Waals surface area contributed by atoms with Crippen LogP contribution in [0.3, 0.4) is 0 Å². The van der Waals surface area contributed by atoms with Crippen LogP contribution in [0.5, 0.6) is 17.2 Å². The predicted octanol–water partition coefficient (Wildman–Crippen LogP) is 1.82. The van der Waals surface area contributed by atoms with Crippen LogP contribution >= 0.6 is 0 Å². The highest BCUT2D eigenvalue weighted by molar-refractivity contribution is 6.06. The standard InChI is InChI=1S/C15H16N2O4/c1-21-14-6-9(8-16)2-5-12(14)17-15(20)11-4-3-10(18)7-13(11)19/h2-7,18-19H,8,16H2,1H3,(H,17,20). The number of nitrogens with two attached hydrogens (primary N) is 1. The Morgan fingerprint density at radius 1 is 1.24 bits per heavy atom. The molecule has 0 bridgehead atoms. The summed E-state index contributed by atoms with van der Waals surface area (Å²) >= 11 is 0. The maximum atomic E-state index is 12.1. The van der Waals surface area contributed by atoms with Gasteiger partial charge < -0.3 is 26.0 Å². The van der Waals surface area contributed by atoms with Crippen LogP contribution in [-0.4, -0.2) is 23.2 Å². The summed E-state index contributed by atoms with van der Waals surface area (Å²) < 4.78 is 5.20. The molecule has 0 saturated carbocycles. The number of carbonyl (C=O) groups excluding carboxylic acids is 1. The second kappa shape index (κ2) is 6.15. The highest BCUT2D eigenvalue weighted by Crippen LogP contribution is 2.28. The zero-order valence-electron chi connectivity index (χ0n) is 11.5. The summed E-state index contributed by atoms with van der Waals surface area (Å²) in [5, 5.41) is 21.5. The second-order valence-corrected chi connectivity index (χ2v) is 4.39. The maximum absolute atomic E-state index is 12.1. The van der Waals surface area contributed by atoms with Gasteiger partial charge in [0.1, 0.15) is 17.2 Å². The van der Waals surface area contributed by atoms with Crippen LogP contribution in [0, 0.1) is 0 Å². The molecule has 21 heavy (non-hydrogen) atoms. The minimum atomic E-state index is -0.508. The molecule has 0 aliphatic carbocycles. The summed E-state index contributed by atoms with van der Waals surface area (Å²) in [6, 6.07) is 8.94. The number of nitrogens with one attached hydrogen (secondary N) is 1. The molecule has 2 aromatic carbocycles. The van der Waals surface area contributed by atoms with Crippen molar-refractivity contribution >= 4 is 11.6 Å². The molecule has 2 aromatic rings. The molecule has 0 heterocycles. The monoisotopic (exact) mass is 288 g/mol. The van der Waals surface area contributed by atoms with Gasteiger partial charge in [-0.1, -0.05) is 6.07 Å². The number of hydrogen-bond donors (Lipinski definition) is 4. The quantitative estimate of drug-likeness (QED) is 0.687. The molecule has 5 N–H and O–H groups in total. The molecule has 1 amide bonds. The molecule has 0 radical (unpaired) electrons. The summed E-state index contributed by atoms with van der Waals surface area (Å²) in [4.78, 5) is 12.1. The zero-order valence-corrected chi connectivity index (χ0v) is 11.5. The Bertz CT molecular complexity index is 671. The van der Waals surface area contributed by atoms with Crippen LogP contribution in [0.4, 0.5) is 5.69 Å². The van der Waals surface area contributed by atoms with Gasteiger partial charge in [-0.2, -0.15) is 0 Å². The van der Waals surface area contributed by atoms with Crippen molar-refractivity contribution in [3.8, 4) is 17.2 Å². The Labute approximate surface area is 121 Å². The fourth-order valence-electron chi connectivity index (χ4n) is 1.87. The Balaban J connectivity index is 2.27. The van der Waals surface area contributed by atoms with Crippen LogP contribution < -0.4 is 15.8 Å². The van der Waals surface area contributed by atoms with Crippen LogP contribution in [0.1, 0.15) is 15.9 Å². The lowest BCUT2D eigenvalue weighted by molar-refractivity contribution is 0.102. The summed E-state index contributed by atoms with van der Waals surface area (Å²) in [7, 11) is 1.49. The molecule has 0 aliphatic rings. The fraction of sp³-hybridized carbons (Fsp3) is 0.133. The number of carbonyl (C=O) groups is 1. The zero-order chi connectivity index (χ0) is 15.4. The summed E-state index contributed by atoms with van der Waals surface area (Å²) in [6.07, 6.45) is 0. The number of rotatable bonds is 4. The van der Waals surface area contributed by atoms with Crippen molar-refractivity contribution in [2.75, 3.05) is 12.4 Å². The van der Waals surface area contributed by atoms with Crippen molar-refractivity contribution in [3.05, 3.63) is 47.5 Å². The van der Waals surface area contributed by atoms with Crippen molar-refractivity contribution < 1.29 is 19.7 Å². The van der Waals surface area contributed by atoms with Gasteiger partial charge in [-0.05, 0) is 29.8 Å². The molecule has 0 unspecified atom stereocenters. The van der Waals surface area contributed by atoms with E-state index in [1.165, 1.54) is 19.2 Å². The lowest BCUT2D eigenvalue weighted by atomic mass is 10.1. The van der Waals surface area contributed by atoms with Crippen molar-refractivity contribution in [2.24, 2.45) is 5.73 Å². The van der Waals surface area contributed by atoms with E-state index in [2.05, 4.69) is 5.32 Å². The normalized spacial score (nSPS) is 10.2. The Morgan fingerprint density at radius 3 is 2.62 bits per heavy atom. The lowest BCUT2D eigenvalue weighted by Gasteiger charge is -2.12. The van der Waals surface area contributed by atoms with E-state index in [4.69, 9.17) is 10.5 Å². The molecule has 110 valence electrons. The molecular weight excluding hydrogens is 272 g/mol. The Morgan fingerprint density at radius 2 is 2.00 bits per heavy atom. The molecule has 0 atom stereocenters. The average Bonchev–Trinajstić information content (AvgIpc) is 2.47. The molecule has 6 nitrogen and oxygen atoms in total. The van der Waals surface area contributed by atoms with E-state index >= 15 is 0 Å². The minimum absolute atomic E-state index is 0.0535. The van der Waals surface area contributed by atoms with Crippen molar-refractivity contribution in [1.29, 1.82) is 0 Å². The fourth-order valence-corrected chi connectivity index (χ4v) is 1.87. The third-order valence-corrected chi connectivity index (χ3v) is 2.98. The third kappa shape index (κ3) is 3.24. The first-order valence-corrected chi connectivity index (χ1v) is 6.25. The number of anilines is 1. The van der Waals surface area contributed by atoms with Gasteiger partial charge in [0.25, 0.3) is 5.91 Å². The molecule has 0 aliphatic heterocycles. The van der Waals surface area contributed by atoms with Crippen molar-refractivity contribution in [3.63, 3.8) is 0 Å². The van der Waals surface area contributed by atoms with Crippen molar-refractivity contribution in [2.45, 2.75) is 6.54 Å². The first-order chi connectivity index (χ1) is 10.0. The Hall–Kier alpha value is -2.73. The van der Waals surface area contributed by atoms with Gasteiger partial charge in [0.2, 0.25) is 0 Å². The van der Waals surface area contributed by atoms with Gasteiger partial charge in [0.15, 0.2) is 0 Å². The predicted molar refractivity (Wildman–Crippen MR) is 78.6 cm³/mol. The minimum Gasteiger partial charge on any atom is -0.508 e. The molecular formula is C15H16N2O4. The second-order valence-electron chi connectivity index (χ2n) is 4.39. The highest BCUT2D eigenvalue weighted by atomic mass is 16.5. The Kier molecular flexibility index (Phi) is 4.30. The number of ether oxygens (including phenoxy) is 1. The van der Waals surface area contributed by atoms with Gasteiger partial charge in [-0.25, -0.2) is 0 Å². The topological polar surface area (TPSA) is 105 Å². The van der Waals surface area contributed by atoms with Crippen LogP contribution in [0.2, 0.25) is 0 Å². The van der Waals surface area contributed by atoms with Gasteiger partial charge >= 0.3 is 0 Å². The number of phenolic OH excluding ortho intramolecular Hbond substituents is 2. The largest absolute Gasteiger partial charge is 0.508 e. The number of methoxy groups -OCH3 is 1. The molecule has 2 rings (SSSR count). The van der Waals surface area contributed by atoms with E-state index in [1.54, 1.807) is 18.2 Å². The number of hydrogen-bond acceptors (Lipinski definition) is 5. The smallest absolute Gasteiger partial charge is 0.259 e. The van der Waals surface area contributed by atoms with Crippen molar-refractivity contribution in [1.82, 2.24) is 0 Å². The van der Waals surface area contributed by atoms with Crippen LogP contribution in [-0.2, 0) is 6.54 Å². The maximum Gasteiger partial charge on any atom is 0.259 e. The summed E-state index contributed by atoms with van der Waals surface area (Å²) in [6.45, 7) is 0.364. The van der Waals surface area contributed by atoms with E-state index in [0.29, 0.717) is 18.0 Å². The van der Waals surface area contributed by atoms with Gasteiger partial charge in [0, 0.05) is 12.6 Å². The summed E-state index contributed by atoms with van der Waals surface area (Å²) in [5.41, 5.74) is 6.94.